The molecule has 2 saturated heterocycles. The summed E-state index contributed by atoms with van der Waals surface area (Å²) in [4.78, 5) is 29.0. The first-order valence-corrected chi connectivity index (χ1v) is 8.57. The number of morpholine rings is 1. The molecule has 5 heteroatoms. The van der Waals surface area contributed by atoms with Crippen LogP contribution in [0.5, 0.6) is 0 Å². The number of nitrogens with zero attached hydrogens (tertiary/aromatic N) is 2. The molecule has 0 aliphatic carbocycles. The summed E-state index contributed by atoms with van der Waals surface area (Å²) < 4.78 is 5.30. The fourth-order valence-electron chi connectivity index (χ4n) is 3.33. The second kappa shape index (κ2) is 7.62. The number of amides is 2. The minimum Gasteiger partial charge on any atom is -0.378 e. The Morgan fingerprint density at radius 2 is 1.83 bits per heavy atom. The Balaban J connectivity index is 1.70. The van der Waals surface area contributed by atoms with Crippen LogP contribution < -0.4 is 0 Å². The summed E-state index contributed by atoms with van der Waals surface area (Å²) in [6.07, 6.45) is 3.28. The molecule has 1 atom stereocenters. The quantitative estimate of drug-likeness (QED) is 0.797. The second-order valence-electron chi connectivity index (χ2n) is 6.32. The van der Waals surface area contributed by atoms with E-state index in [9.17, 15) is 9.59 Å². The maximum Gasteiger partial charge on any atom is 0.247 e. The minimum atomic E-state index is -0.324. The van der Waals surface area contributed by atoms with Gasteiger partial charge in [0.15, 0.2) is 0 Å². The molecule has 2 heterocycles. The van der Waals surface area contributed by atoms with Crippen molar-refractivity contribution in [1.29, 1.82) is 0 Å². The SMILES string of the molecule is C/C(=C\C(=O)N1CCC[C@H]1C(=O)N1CCOCC1)c1ccccc1. The highest BCUT2D eigenvalue weighted by Gasteiger charge is 2.36. The first-order valence-electron chi connectivity index (χ1n) is 8.57. The van der Waals surface area contributed by atoms with Crippen LogP contribution in [0.2, 0.25) is 0 Å². The van der Waals surface area contributed by atoms with Crippen molar-refractivity contribution >= 4 is 17.4 Å². The van der Waals surface area contributed by atoms with Crippen LogP contribution in [-0.4, -0.2) is 60.5 Å². The van der Waals surface area contributed by atoms with Crippen molar-refractivity contribution in [3.8, 4) is 0 Å². The fourth-order valence-corrected chi connectivity index (χ4v) is 3.33. The Bertz CT molecular complexity index is 621. The van der Waals surface area contributed by atoms with E-state index in [0.29, 0.717) is 32.8 Å². The largest absolute Gasteiger partial charge is 0.378 e. The third kappa shape index (κ3) is 3.67. The molecule has 2 amide bonds. The smallest absolute Gasteiger partial charge is 0.247 e. The van der Waals surface area contributed by atoms with Gasteiger partial charge in [-0.3, -0.25) is 9.59 Å². The van der Waals surface area contributed by atoms with Gasteiger partial charge in [-0.25, -0.2) is 0 Å². The van der Waals surface area contributed by atoms with Gasteiger partial charge in [-0.05, 0) is 30.9 Å². The van der Waals surface area contributed by atoms with Crippen molar-refractivity contribution in [3.63, 3.8) is 0 Å². The summed E-state index contributed by atoms with van der Waals surface area (Å²) in [6.45, 7) is 4.99. The highest BCUT2D eigenvalue weighted by molar-refractivity contribution is 5.98. The standard InChI is InChI=1S/C19H24N2O3/c1-15(16-6-3-2-4-7-16)14-18(22)21-9-5-8-17(21)19(23)20-10-12-24-13-11-20/h2-4,6-7,14,17H,5,8-13H2,1H3/b15-14+/t17-/m0/s1. The molecule has 1 aromatic rings. The predicted molar refractivity (Wildman–Crippen MR) is 92.2 cm³/mol. The van der Waals surface area contributed by atoms with E-state index in [0.717, 1.165) is 24.0 Å². The van der Waals surface area contributed by atoms with Gasteiger partial charge in [0.2, 0.25) is 11.8 Å². The average Bonchev–Trinajstić information content (AvgIpc) is 3.12. The molecule has 5 nitrogen and oxygen atoms in total. The van der Waals surface area contributed by atoms with Gasteiger partial charge in [-0.1, -0.05) is 30.3 Å². The Labute approximate surface area is 142 Å². The fraction of sp³-hybridized carbons (Fsp3) is 0.474. The zero-order valence-corrected chi connectivity index (χ0v) is 14.1. The summed E-state index contributed by atoms with van der Waals surface area (Å²) in [5.41, 5.74) is 1.95. The molecule has 2 aliphatic rings. The highest BCUT2D eigenvalue weighted by Crippen LogP contribution is 2.22. The van der Waals surface area contributed by atoms with Gasteiger partial charge >= 0.3 is 0 Å². The molecule has 0 aromatic heterocycles. The maximum absolute atomic E-state index is 12.7. The predicted octanol–water partition coefficient (Wildman–Crippen LogP) is 1.94. The van der Waals surface area contributed by atoms with Crippen molar-refractivity contribution < 1.29 is 14.3 Å². The topological polar surface area (TPSA) is 49.9 Å². The molecular formula is C19H24N2O3. The molecule has 0 unspecified atom stereocenters. The van der Waals surface area contributed by atoms with E-state index in [2.05, 4.69) is 0 Å². The lowest BCUT2D eigenvalue weighted by Gasteiger charge is -2.32. The van der Waals surface area contributed by atoms with Crippen LogP contribution in [0.4, 0.5) is 0 Å². The lowest BCUT2D eigenvalue weighted by Crippen LogP contribution is -2.50. The summed E-state index contributed by atoms with van der Waals surface area (Å²) in [7, 11) is 0. The van der Waals surface area contributed by atoms with Crippen molar-refractivity contribution in [2.24, 2.45) is 0 Å². The molecule has 0 saturated carbocycles. The highest BCUT2D eigenvalue weighted by atomic mass is 16.5. The number of allylic oxidation sites excluding steroid dienone is 1. The van der Waals surface area contributed by atoms with E-state index in [4.69, 9.17) is 4.74 Å². The van der Waals surface area contributed by atoms with Crippen LogP contribution >= 0.6 is 0 Å². The number of rotatable bonds is 3. The molecule has 24 heavy (non-hydrogen) atoms. The Hall–Kier alpha value is -2.14. The van der Waals surface area contributed by atoms with Gasteiger partial charge in [0, 0.05) is 25.7 Å². The number of carbonyl (C=O) groups is 2. The van der Waals surface area contributed by atoms with Crippen molar-refractivity contribution in [3.05, 3.63) is 42.0 Å². The molecule has 0 radical (unpaired) electrons. The molecule has 3 rings (SSSR count). The lowest BCUT2D eigenvalue weighted by molar-refractivity contribution is -0.144. The molecule has 0 spiro atoms. The number of likely N-dealkylation sites (tertiary alicyclic amines) is 1. The van der Waals surface area contributed by atoms with E-state index < -0.39 is 0 Å². The van der Waals surface area contributed by atoms with Crippen LogP contribution in [0.15, 0.2) is 36.4 Å². The summed E-state index contributed by atoms with van der Waals surface area (Å²) >= 11 is 0. The van der Waals surface area contributed by atoms with Gasteiger partial charge in [0.05, 0.1) is 13.2 Å². The monoisotopic (exact) mass is 328 g/mol. The van der Waals surface area contributed by atoms with Crippen LogP contribution in [0.1, 0.15) is 25.3 Å². The molecule has 128 valence electrons. The molecule has 0 bridgehead atoms. The van der Waals surface area contributed by atoms with E-state index >= 15 is 0 Å². The van der Waals surface area contributed by atoms with Gasteiger partial charge in [-0.2, -0.15) is 0 Å². The van der Waals surface area contributed by atoms with Gasteiger partial charge in [0.25, 0.3) is 0 Å². The molecular weight excluding hydrogens is 304 g/mol. The van der Waals surface area contributed by atoms with Gasteiger partial charge < -0.3 is 14.5 Å². The van der Waals surface area contributed by atoms with Crippen LogP contribution in [0.3, 0.4) is 0 Å². The van der Waals surface area contributed by atoms with Crippen molar-refractivity contribution in [2.75, 3.05) is 32.8 Å². The third-order valence-electron chi connectivity index (χ3n) is 4.71. The van der Waals surface area contributed by atoms with E-state index in [1.54, 1.807) is 11.0 Å². The van der Waals surface area contributed by atoms with E-state index in [1.807, 2.05) is 42.2 Å². The van der Waals surface area contributed by atoms with Crippen LogP contribution in [-0.2, 0) is 14.3 Å². The van der Waals surface area contributed by atoms with E-state index in [1.165, 1.54) is 0 Å². The minimum absolute atomic E-state index is 0.0647. The normalized spacial score (nSPS) is 21.9. The lowest BCUT2D eigenvalue weighted by atomic mass is 10.1. The average molecular weight is 328 g/mol. The molecule has 2 fully saturated rings. The zero-order valence-electron chi connectivity index (χ0n) is 14.1. The first kappa shape index (κ1) is 16.7. The third-order valence-corrected chi connectivity index (χ3v) is 4.71. The Morgan fingerprint density at radius 3 is 2.54 bits per heavy atom. The maximum atomic E-state index is 12.7. The van der Waals surface area contributed by atoms with Gasteiger partial charge in [0.1, 0.15) is 6.04 Å². The number of carbonyl (C=O) groups excluding carboxylic acids is 2. The van der Waals surface area contributed by atoms with Crippen LogP contribution in [0, 0.1) is 0 Å². The van der Waals surface area contributed by atoms with Gasteiger partial charge in [-0.15, -0.1) is 0 Å². The molecule has 0 N–H and O–H groups in total. The second-order valence-corrected chi connectivity index (χ2v) is 6.32. The van der Waals surface area contributed by atoms with Crippen LogP contribution in [0.25, 0.3) is 5.57 Å². The van der Waals surface area contributed by atoms with Crippen molar-refractivity contribution in [2.45, 2.75) is 25.8 Å². The Morgan fingerprint density at radius 1 is 1.12 bits per heavy atom. The van der Waals surface area contributed by atoms with E-state index in [-0.39, 0.29) is 17.9 Å². The number of benzene rings is 1. The number of hydrogen-bond donors (Lipinski definition) is 0. The first-order chi connectivity index (χ1) is 11.7. The summed E-state index contributed by atoms with van der Waals surface area (Å²) in [6, 6.07) is 9.51. The zero-order chi connectivity index (χ0) is 16.9. The number of ether oxygens (including phenoxy) is 1. The van der Waals surface area contributed by atoms with Crippen molar-refractivity contribution in [1.82, 2.24) is 9.80 Å². The summed E-state index contributed by atoms with van der Waals surface area (Å²) in [5.74, 6) is -0.00428. The summed E-state index contributed by atoms with van der Waals surface area (Å²) in [5, 5.41) is 0. The Kier molecular flexibility index (Phi) is 5.30. The molecule has 1 aromatic carbocycles. The number of hydrogen-bond acceptors (Lipinski definition) is 3. The molecule has 2 aliphatic heterocycles.